The van der Waals surface area contributed by atoms with Gasteiger partial charge in [0.15, 0.2) is 0 Å². The average Bonchev–Trinajstić information content (AvgIpc) is 2.54. The number of morpholine rings is 1. The van der Waals surface area contributed by atoms with E-state index in [4.69, 9.17) is 14.2 Å². The zero-order chi connectivity index (χ0) is 16.7. The maximum absolute atomic E-state index is 12.2. The summed E-state index contributed by atoms with van der Waals surface area (Å²) in [5, 5.41) is 0. The summed E-state index contributed by atoms with van der Waals surface area (Å²) >= 11 is 0. The fourth-order valence-electron chi connectivity index (χ4n) is 2.61. The normalized spacial score (nSPS) is 15.5. The van der Waals surface area contributed by atoms with Gasteiger partial charge in [0.1, 0.15) is 5.75 Å². The molecular formula is C18H28ClNO4. The monoisotopic (exact) mass is 357 g/mol. The highest BCUT2D eigenvalue weighted by atomic mass is 35.5. The highest BCUT2D eigenvalue weighted by Crippen LogP contribution is 2.20. The van der Waals surface area contributed by atoms with Crippen molar-refractivity contribution in [1.82, 2.24) is 4.90 Å². The smallest absolute Gasteiger partial charge is 0.338 e. The summed E-state index contributed by atoms with van der Waals surface area (Å²) in [5.74, 6) is 0.472. The van der Waals surface area contributed by atoms with E-state index in [2.05, 4.69) is 18.7 Å². The quantitative estimate of drug-likeness (QED) is 0.702. The van der Waals surface area contributed by atoms with Crippen LogP contribution in [0.4, 0.5) is 0 Å². The van der Waals surface area contributed by atoms with Crippen LogP contribution < -0.4 is 4.74 Å². The molecule has 1 aliphatic rings. The lowest BCUT2D eigenvalue weighted by Gasteiger charge is -2.34. The number of benzene rings is 1. The first-order valence-corrected chi connectivity index (χ1v) is 8.20. The zero-order valence-electron chi connectivity index (χ0n) is 14.7. The highest BCUT2D eigenvalue weighted by molar-refractivity contribution is 5.89. The Balaban J connectivity index is 0.00000288. The zero-order valence-corrected chi connectivity index (χ0v) is 15.6. The van der Waals surface area contributed by atoms with Crippen LogP contribution in [-0.4, -0.2) is 56.9 Å². The molecule has 1 fully saturated rings. The van der Waals surface area contributed by atoms with Crippen molar-refractivity contribution < 1.29 is 19.0 Å². The Morgan fingerprint density at radius 1 is 1.21 bits per heavy atom. The van der Waals surface area contributed by atoms with E-state index in [1.54, 1.807) is 24.3 Å². The largest absolute Gasteiger partial charge is 0.494 e. The minimum Gasteiger partial charge on any atom is -0.494 e. The van der Waals surface area contributed by atoms with Crippen molar-refractivity contribution in [3.8, 4) is 5.75 Å². The lowest BCUT2D eigenvalue weighted by atomic mass is 9.94. The summed E-state index contributed by atoms with van der Waals surface area (Å²) in [4.78, 5) is 14.5. The maximum Gasteiger partial charge on any atom is 0.338 e. The van der Waals surface area contributed by atoms with Crippen LogP contribution in [0, 0.1) is 5.41 Å². The molecule has 0 saturated carbocycles. The summed E-state index contributed by atoms with van der Waals surface area (Å²) < 4.78 is 16.2. The third kappa shape index (κ3) is 6.67. The standard InChI is InChI=1S/C18H27NO4.ClH/c1-4-22-16-7-5-15(6-8-16)17(20)23-14-18(2,3)13-19-9-11-21-12-10-19;/h5-8H,4,9-14H2,1-3H3;1H. The number of halogens is 1. The minimum absolute atomic E-state index is 0. The molecule has 1 heterocycles. The fourth-order valence-corrected chi connectivity index (χ4v) is 2.61. The van der Waals surface area contributed by atoms with Crippen LogP contribution >= 0.6 is 12.4 Å². The Morgan fingerprint density at radius 2 is 1.83 bits per heavy atom. The van der Waals surface area contributed by atoms with Gasteiger partial charge in [0.25, 0.3) is 0 Å². The van der Waals surface area contributed by atoms with Gasteiger partial charge in [-0.05, 0) is 31.2 Å². The van der Waals surface area contributed by atoms with Crippen LogP contribution in [0.3, 0.4) is 0 Å². The van der Waals surface area contributed by atoms with Crippen LogP contribution in [0.1, 0.15) is 31.1 Å². The fraction of sp³-hybridized carbons (Fsp3) is 0.611. The van der Waals surface area contributed by atoms with Crippen LogP contribution in [0.15, 0.2) is 24.3 Å². The van der Waals surface area contributed by atoms with E-state index in [0.717, 1.165) is 38.6 Å². The molecule has 0 radical (unpaired) electrons. The van der Waals surface area contributed by atoms with Crippen molar-refractivity contribution >= 4 is 18.4 Å². The van der Waals surface area contributed by atoms with Crippen LogP contribution in [-0.2, 0) is 9.47 Å². The van der Waals surface area contributed by atoms with E-state index in [-0.39, 0.29) is 23.8 Å². The summed E-state index contributed by atoms with van der Waals surface area (Å²) in [7, 11) is 0. The van der Waals surface area contributed by atoms with Gasteiger partial charge in [-0.15, -0.1) is 12.4 Å². The SMILES string of the molecule is CCOc1ccc(C(=O)OCC(C)(C)CN2CCOCC2)cc1.Cl. The Hall–Kier alpha value is -1.30. The van der Waals surface area contributed by atoms with E-state index >= 15 is 0 Å². The molecule has 0 N–H and O–H groups in total. The van der Waals surface area contributed by atoms with Crippen molar-refractivity contribution in [2.45, 2.75) is 20.8 Å². The van der Waals surface area contributed by atoms with E-state index < -0.39 is 0 Å². The molecule has 0 bridgehead atoms. The second-order valence-electron chi connectivity index (χ2n) is 6.59. The van der Waals surface area contributed by atoms with Crippen LogP contribution in [0.25, 0.3) is 0 Å². The maximum atomic E-state index is 12.2. The molecule has 6 heteroatoms. The number of rotatable bonds is 7. The molecule has 24 heavy (non-hydrogen) atoms. The van der Waals surface area contributed by atoms with Gasteiger partial charge in [-0.1, -0.05) is 13.8 Å². The Morgan fingerprint density at radius 3 is 2.42 bits per heavy atom. The van der Waals surface area contributed by atoms with Gasteiger partial charge in [-0.3, -0.25) is 4.90 Å². The average molecular weight is 358 g/mol. The van der Waals surface area contributed by atoms with Gasteiger partial charge in [0.05, 0.1) is 32.0 Å². The lowest BCUT2D eigenvalue weighted by molar-refractivity contribution is -0.000201. The van der Waals surface area contributed by atoms with E-state index in [0.29, 0.717) is 18.8 Å². The summed E-state index contributed by atoms with van der Waals surface area (Å²) in [6.45, 7) is 11.5. The minimum atomic E-state index is -0.289. The summed E-state index contributed by atoms with van der Waals surface area (Å²) in [6.07, 6.45) is 0. The molecule has 1 aromatic rings. The summed E-state index contributed by atoms with van der Waals surface area (Å²) in [5.41, 5.74) is 0.466. The number of esters is 1. The topological polar surface area (TPSA) is 48.0 Å². The van der Waals surface area contributed by atoms with Crippen molar-refractivity contribution in [2.75, 3.05) is 46.1 Å². The second kappa shape index (κ2) is 9.87. The molecule has 1 aliphatic heterocycles. The van der Waals surface area contributed by atoms with Gasteiger partial charge in [-0.25, -0.2) is 4.79 Å². The number of nitrogens with zero attached hydrogens (tertiary/aromatic N) is 1. The molecule has 2 rings (SSSR count). The first-order chi connectivity index (χ1) is 11.0. The van der Waals surface area contributed by atoms with E-state index in [9.17, 15) is 4.79 Å². The predicted octanol–water partition coefficient (Wildman–Crippen LogP) is 3.02. The molecule has 136 valence electrons. The Bertz CT molecular complexity index is 498. The van der Waals surface area contributed by atoms with E-state index in [1.807, 2.05) is 6.92 Å². The van der Waals surface area contributed by atoms with Crippen LogP contribution in [0.5, 0.6) is 5.75 Å². The molecule has 0 amide bonds. The molecular weight excluding hydrogens is 330 g/mol. The molecule has 5 nitrogen and oxygen atoms in total. The van der Waals surface area contributed by atoms with Crippen molar-refractivity contribution in [3.05, 3.63) is 29.8 Å². The molecule has 1 aromatic carbocycles. The second-order valence-corrected chi connectivity index (χ2v) is 6.59. The molecule has 0 spiro atoms. The number of hydrogen-bond donors (Lipinski definition) is 0. The van der Waals surface area contributed by atoms with Crippen molar-refractivity contribution in [1.29, 1.82) is 0 Å². The highest BCUT2D eigenvalue weighted by Gasteiger charge is 2.25. The number of carbonyl (C=O) groups excluding carboxylic acids is 1. The third-order valence-electron chi connectivity index (χ3n) is 3.75. The first-order valence-electron chi connectivity index (χ1n) is 8.20. The van der Waals surface area contributed by atoms with Crippen molar-refractivity contribution in [3.63, 3.8) is 0 Å². The first kappa shape index (κ1) is 20.7. The number of carbonyl (C=O) groups is 1. The molecule has 0 aliphatic carbocycles. The molecule has 0 unspecified atom stereocenters. The Kier molecular flexibility index (Phi) is 8.53. The van der Waals surface area contributed by atoms with Gasteiger partial charge >= 0.3 is 5.97 Å². The number of hydrogen-bond acceptors (Lipinski definition) is 5. The summed E-state index contributed by atoms with van der Waals surface area (Å²) in [6, 6.07) is 7.06. The molecule has 0 aromatic heterocycles. The van der Waals surface area contributed by atoms with Crippen molar-refractivity contribution in [2.24, 2.45) is 5.41 Å². The lowest BCUT2D eigenvalue weighted by Crippen LogP contribution is -2.43. The van der Waals surface area contributed by atoms with Gasteiger partial charge in [0, 0.05) is 25.0 Å². The third-order valence-corrected chi connectivity index (χ3v) is 3.75. The van der Waals surface area contributed by atoms with Gasteiger partial charge in [0.2, 0.25) is 0 Å². The predicted molar refractivity (Wildman–Crippen MR) is 96.2 cm³/mol. The molecule has 0 atom stereocenters. The van der Waals surface area contributed by atoms with E-state index in [1.165, 1.54) is 0 Å². The number of ether oxygens (including phenoxy) is 3. The van der Waals surface area contributed by atoms with Gasteiger partial charge in [-0.2, -0.15) is 0 Å². The Labute approximate surface area is 150 Å². The molecule has 1 saturated heterocycles. The van der Waals surface area contributed by atoms with Crippen LogP contribution in [0.2, 0.25) is 0 Å². The van der Waals surface area contributed by atoms with Gasteiger partial charge < -0.3 is 14.2 Å².